The molecule has 0 heterocycles. The molecule has 0 spiro atoms. The molecule has 0 radical (unpaired) electrons. The number of halogens is 1. The molecule has 0 bridgehead atoms. The van der Waals surface area contributed by atoms with E-state index in [1.807, 2.05) is 36.0 Å². The van der Waals surface area contributed by atoms with Gasteiger partial charge in [0.2, 0.25) is 5.91 Å². The molecule has 1 aliphatic carbocycles. The summed E-state index contributed by atoms with van der Waals surface area (Å²) in [6.45, 7) is 1.17. The first kappa shape index (κ1) is 21.8. The molecule has 6 nitrogen and oxygen atoms in total. The van der Waals surface area contributed by atoms with Crippen LogP contribution in [0.15, 0.2) is 42.5 Å². The molecule has 1 fully saturated rings. The van der Waals surface area contributed by atoms with Gasteiger partial charge < -0.3 is 19.9 Å². The van der Waals surface area contributed by atoms with Crippen LogP contribution in [0.25, 0.3) is 0 Å². The van der Waals surface area contributed by atoms with Gasteiger partial charge in [-0.05, 0) is 60.7 Å². The third kappa shape index (κ3) is 5.79. The van der Waals surface area contributed by atoms with E-state index in [1.54, 1.807) is 12.1 Å². The van der Waals surface area contributed by atoms with Crippen molar-refractivity contribution in [3.63, 3.8) is 0 Å². The SMILES string of the molecule is COCC(=O)N(Cc1cc(NC(=O)c2cccc(F)c2)ccc1N(C)C)CC1CC1. The summed E-state index contributed by atoms with van der Waals surface area (Å²) in [7, 11) is 5.39. The van der Waals surface area contributed by atoms with Gasteiger partial charge in [0.1, 0.15) is 12.4 Å². The molecular weight excluding hydrogens is 385 g/mol. The van der Waals surface area contributed by atoms with Gasteiger partial charge in [-0.2, -0.15) is 0 Å². The maximum Gasteiger partial charge on any atom is 0.255 e. The van der Waals surface area contributed by atoms with Crippen molar-refractivity contribution < 1.29 is 18.7 Å². The summed E-state index contributed by atoms with van der Waals surface area (Å²) in [6, 6.07) is 11.1. The smallest absolute Gasteiger partial charge is 0.255 e. The number of carbonyl (C=O) groups excluding carboxylic acids is 2. The molecule has 3 rings (SSSR count). The number of anilines is 2. The molecule has 0 aromatic heterocycles. The van der Waals surface area contributed by atoms with Crippen LogP contribution in [-0.4, -0.2) is 51.1 Å². The van der Waals surface area contributed by atoms with Crippen LogP contribution in [-0.2, 0) is 16.1 Å². The fraction of sp³-hybridized carbons (Fsp3) is 0.391. The highest BCUT2D eigenvalue weighted by atomic mass is 19.1. The van der Waals surface area contributed by atoms with Gasteiger partial charge in [0, 0.05) is 51.2 Å². The molecule has 2 amide bonds. The first-order chi connectivity index (χ1) is 14.4. The van der Waals surface area contributed by atoms with Crippen LogP contribution in [0.2, 0.25) is 0 Å². The summed E-state index contributed by atoms with van der Waals surface area (Å²) in [6.07, 6.45) is 2.28. The molecule has 160 valence electrons. The van der Waals surface area contributed by atoms with Gasteiger partial charge >= 0.3 is 0 Å². The number of amides is 2. The molecule has 0 atom stereocenters. The molecule has 1 saturated carbocycles. The highest BCUT2D eigenvalue weighted by molar-refractivity contribution is 6.04. The Balaban J connectivity index is 1.82. The van der Waals surface area contributed by atoms with Crippen LogP contribution >= 0.6 is 0 Å². The Kier molecular flexibility index (Phi) is 7.05. The Labute approximate surface area is 176 Å². The van der Waals surface area contributed by atoms with Crippen LogP contribution < -0.4 is 10.2 Å². The molecule has 7 heteroatoms. The van der Waals surface area contributed by atoms with Crippen molar-refractivity contribution in [1.29, 1.82) is 0 Å². The molecule has 0 saturated heterocycles. The van der Waals surface area contributed by atoms with Gasteiger partial charge in [0.15, 0.2) is 0 Å². The lowest BCUT2D eigenvalue weighted by molar-refractivity contribution is -0.136. The maximum absolute atomic E-state index is 13.4. The summed E-state index contributed by atoms with van der Waals surface area (Å²) in [5.41, 5.74) is 2.72. The van der Waals surface area contributed by atoms with E-state index in [0.29, 0.717) is 24.7 Å². The van der Waals surface area contributed by atoms with Gasteiger partial charge in [-0.1, -0.05) is 6.07 Å². The van der Waals surface area contributed by atoms with Crippen LogP contribution in [0.1, 0.15) is 28.8 Å². The number of rotatable bonds is 9. The Morgan fingerprint density at radius 3 is 2.57 bits per heavy atom. The zero-order valence-electron chi connectivity index (χ0n) is 17.7. The second-order valence-electron chi connectivity index (χ2n) is 7.85. The number of nitrogens with one attached hydrogen (secondary N) is 1. The minimum Gasteiger partial charge on any atom is -0.377 e. The Hall–Kier alpha value is -2.93. The average molecular weight is 413 g/mol. The Morgan fingerprint density at radius 2 is 1.93 bits per heavy atom. The zero-order valence-corrected chi connectivity index (χ0v) is 17.7. The van der Waals surface area contributed by atoms with Crippen molar-refractivity contribution in [2.45, 2.75) is 19.4 Å². The topological polar surface area (TPSA) is 61.9 Å². The number of hydrogen-bond acceptors (Lipinski definition) is 4. The molecule has 0 aliphatic heterocycles. The van der Waals surface area contributed by atoms with Crippen molar-refractivity contribution in [1.82, 2.24) is 4.90 Å². The van der Waals surface area contributed by atoms with Crippen LogP contribution in [0.3, 0.4) is 0 Å². The fourth-order valence-electron chi connectivity index (χ4n) is 3.35. The number of nitrogens with zero attached hydrogens (tertiary/aromatic N) is 2. The fourth-order valence-corrected chi connectivity index (χ4v) is 3.35. The van der Waals surface area contributed by atoms with Crippen molar-refractivity contribution in [2.75, 3.05) is 44.6 Å². The lowest BCUT2D eigenvalue weighted by Gasteiger charge is -2.26. The van der Waals surface area contributed by atoms with Gasteiger partial charge in [0.05, 0.1) is 0 Å². The third-order valence-electron chi connectivity index (χ3n) is 5.06. The molecule has 2 aromatic rings. The molecule has 1 N–H and O–H groups in total. The standard InChI is InChI=1S/C23H28FN3O3/c1-26(2)21-10-9-20(25-23(29)17-5-4-6-19(24)11-17)12-18(21)14-27(13-16-7-8-16)22(28)15-30-3/h4-6,9-12,16H,7-8,13-15H2,1-3H3,(H,25,29). The van der Waals surface area contributed by atoms with Gasteiger partial charge in [-0.15, -0.1) is 0 Å². The number of methoxy groups -OCH3 is 1. The first-order valence-electron chi connectivity index (χ1n) is 10.0. The van der Waals surface area contributed by atoms with Crippen LogP contribution in [0, 0.1) is 11.7 Å². The summed E-state index contributed by atoms with van der Waals surface area (Å²) in [4.78, 5) is 28.8. The zero-order chi connectivity index (χ0) is 21.7. The van der Waals surface area contributed by atoms with E-state index in [4.69, 9.17) is 4.74 Å². The molecule has 1 aliphatic rings. The highest BCUT2D eigenvalue weighted by Crippen LogP contribution is 2.31. The Bertz CT molecular complexity index is 912. The second-order valence-corrected chi connectivity index (χ2v) is 7.85. The summed E-state index contributed by atoms with van der Waals surface area (Å²) in [5.74, 6) is -0.352. The van der Waals surface area contributed by atoms with Crippen molar-refractivity contribution in [3.05, 3.63) is 59.4 Å². The van der Waals surface area contributed by atoms with E-state index in [0.717, 1.165) is 24.1 Å². The number of benzene rings is 2. The Morgan fingerprint density at radius 1 is 1.17 bits per heavy atom. The predicted octanol–water partition coefficient (Wildman–Crippen LogP) is 3.53. The van der Waals surface area contributed by atoms with Crippen molar-refractivity contribution in [3.8, 4) is 0 Å². The van der Waals surface area contributed by atoms with Gasteiger partial charge in [-0.3, -0.25) is 9.59 Å². The van der Waals surface area contributed by atoms with Crippen molar-refractivity contribution >= 4 is 23.2 Å². The van der Waals surface area contributed by atoms with E-state index >= 15 is 0 Å². The lowest BCUT2D eigenvalue weighted by Crippen LogP contribution is -2.35. The van der Waals surface area contributed by atoms with E-state index in [9.17, 15) is 14.0 Å². The summed E-state index contributed by atoms with van der Waals surface area (Å²) < 4.78 is 18.5. The van der Waals surface area contributed by atoms with Gasteiger partial charge in [0.25, 0.3) is 5.91 Å². The highest BCUT2D eigenvalue weighted by Gasteiger charge is 2.27. The average Bonchev–Trinajstić information content (AvgIpc) is 3.51. The van der Waals surface area contributed by atoms with Crippen LogP contribution in [0.5, 0.6) is 0 Å². The van der Waals surface area contributed by atoms with Crippen LogP contribution in [0.4, 0.5) is 15.8 Å². The lowest BCUT2D eigenvalue weighted by atomic mass is 10.1. The molecule has 30 heavy (non-hydrogen) atoms. The largest absolute Gasteiger partial charge is 0.377 e. The minimum atomic E-state index is -0.460. The normalized spacial score (nSPS) is 13.1. The minimum absolute atomic E-state index is 0.0417. The molecule has 0 unspecified atom stereocenters. The predicted molar refractivity (Wildman–Crippen MR) is 115 cm³/mol. The van der Waals surface area contributed by atoms with E-state index in [-0.39, 0.29) is 24.0 Å². The number of carbonyl (C=O) groups is 2. The number of hydrogen-bond donors (Lipinski definition) is 1. The number of ether oxygens (including phenoxy) is 1. The van der Waals surface area contributed by atoms with Gasteiger partial charge in [-0.25, -0.2) is 4.39 Å². The third-order valence-corrected chi connectivity index (χ3v) is 5.06. The first-order valence-corrected chi connectivity index (χ1v) is 10.0. The molecular formula is C23H28FN3O3. The summed E-state index contributed by atoms with van der Waals surface area (Å²) in [5, 5.41) is 2.82. The monoisotopic (exact) mass is 413 g/mol. The summed E-state index contributed by atoms with van der Waals surface area (Å²) >= 11 is 0. The van der Waals surface area contributed by atoms with Crippen molar-refractivity contribution in [2.24, 2.45) is 5.92 Å². The van der Waals surface area contributed by atoms with E-state index < -0.39 is 5.82 Å². The maximum atomic E-state index is 13.4. The van der Waals surface area contributed by atoms with E-state index in [2.05, 4.69) is 5.32 Å². The van der Waals surface area contributed by atoms with E-state index in [1.165, 1.54) is 25.3 Å². The second kappa shape index (κ2) is 9.71. The quantitative estimate of drug-likeness (QED) is 0.683. The molecule has 2 aromatic carbocycles.